The molecule has 0 radical (unpaired) electrons. The Hall–Kier alpha value is -3.05. The van der Waals surface area contributed by atoms with Crippen molar-refractivity contribution in [3.8, 4) is 11.5 Å². The summed E-state index contributed by atoms with van der Waals surface area (Å²) in [5.74, 6) is -1.43. The number of ether oxygens (including phenoxy) is 2. The molecule has 7 nitrogen and oxygen atoms in total. The molecule has 34 heavy (non-hydrogen) atoms. The standard InChI is InChI=1S/C22H17BrClF3N2O5/c1-3-6-34-18-14(23)8-11(9-17(18)33-2)7-13-19(30)28-21(32)29(20(13)31)16-10-12(22(25,26)27)4-5-15(16)24/h4-5,7-10H,3,6H2,1-2H3,(H,28,30,32)/b13-7+. The van der Waals surface area contributed by atoms with Crippen LogP contribution in [0.2, 0.25) is 5.02 Å². The number of amides is 4. The molecule has 0 spiro atoms. The minimum atomic E-state index is -4.74. The van der Waals surface area contributed by atoms with E-state index in [9.17, 15) is 27.6 Å². The van der Waals surface area contributed by atoms with E-state index >= 15 is 0 Å². The lowest BCUT2D eigenvalue weighted by Gasteiger charge is -2.27. The van der Waals surface area contributed by atoms with Gasteiger partial charge in [-0.3, -0.25) is 14.9 Å². The Morgan fingerprint density at radius 1 is 1.18 bits per heavy atom. The highest BCUT2D eigenvalue weighted by Crippen LogP contribution is 2.39. The summed E-state index contributed by atoms with van der Waals surface area (Å²) in [4.78, 5) is 38.3. The molecule has 0 unspecified atom stereocenters. The molecule has 4 amide bonds. The van der Waals surface area contributed by atoms with Gasteiger partial charge in [0.05, 0.1) is 34.5 Å². The Bertz CT molecular complexity index is 1200. The van der Waals surface area contributed by atoms with Gasteiger partial charge >= 0.3 is 12.2 Å². The molecule has 0 aromatic heterocycles. The van der Waals surface area contributed by atoms with Crippen molar-refractivity contribution in [3.05, 3.63) is 56.5 Å². The molecular formula is C22H17BrClF3N2O5. The Morgan fingerprint density at radius 3 is 2.50 bits per heavy atom. The maximum atomic E-state index is 13.2. The molecule has 1 saturated heterocycles. The van der Waals surface area contributed by atoms with Crippen molar-refractivity contribution in [2.45, 2.75) is 19.5 Å². The van der Waals surface area contributed by atoms with E-state index in [1.165, 1.54) is 19.3 Å². The first-order valence-corrected chi connectivity index (χ1v) is 10.9. The van der Waals surface area contributed by atoms with Crippen molar-refractivity contribution in [1.29, 1.82) is 0 Å². The van der Waals surface area contributed by atoms with Crippen molar-refractivity contribution >= 4 is 57.1 Å². The summed E-state index contributed by atoms with van der Waals surface area (Å²) in [6, 6.07) is 4.02. The van der Waals surface area contributed by atoms with E-state index in [0.29, 0.717) is 45.2 Å². The van der Waals surface area contributed by atoms with E-state index in [1.807, 2.05) is 12.2 Å². The minimum absolute atomic E-state index is 0.285. The van der Waals surface area contributed by atoms with Crippen LogP contribution in [-0.4, -0.2) is 31.6 Å². The minimum Gasteiger partial charge on any atom is -0.493 e. The van der Waals surface area contributed by atoms with Crippen LogP contribution in [0.4, 0.5) is 23.7 Å². The number of urea groups is 1. The first-order valence-electron chi connectivity index (χ1n) is 9.76. The van der Waals surface area contributed by atoms with Gasteiger partial charge in [0.1, 0.15) is 5.57 Å². The van der Waals surface area contributed by atoms with E-state index in [1.54, 1.807) is 6.07 Å². The van der Waals surface area contributed by atoms with Crippen LogP contribution in [0.15, 0.2) is 40.4 Å². The van der Waals surface area contributed by atoms with Gasteiger partial charge < -0.3 is 9.47 Å². The summed E-state index contributed by atoms with van der Waals surface area (Å²) < 4.78 is 50.9. The second kappa shape index (κ2) is 10.1. The average Bonchev–Trinajstić information content (AvgIpc) is 2.75. The van der Waals surface area contributed by atoms with Crippen LogP contribution < -0.4 is 19.7 Å². The van der Waals surface area contributed by atoms with Gasteiger partial charge in [-0.15, -0.1) is 0 Å². The number of hydrogen-bond donors (Lipinski definition) is 1. The number of methoxy groups -OCH3 is 1. The van der Waals surface area contributed by atoms with E-state index in [2.05, 4.69) is 15.9 Å². The Kier molecular flexibility index (Phi) is 7.57. The number of anilines is 1. The maximum absolute atomic E-state index is 13.2. The molecule has 1 N–H and O–H groups in total. The molecule has 0 bridgehead atoms. The number of carbonyl (C=O) groups is 3. The molecular weight excluding hydrogens is 545 g/mol. The molecule has 0 saturated carbocycles. The summed E-state index contributed by atoms with van der Waals surface area (Å²) >= 11 is 9.34. The second-order valence-corrected chi connectivity index (χ2v) is 8.27. The number of alkyl halides is 3. The fourth-order valence-corrected chi connectivity index (χ4v) is 3.85. The molecule has 1 aliphatic rings. The highest BCUT2D eigenvalue weighted by atomic mass is 79.9. The summed E-state index contributed by atoms with van der Waals surface area (Å²) in [5.41, 5.74) is -1.80. The lowest BCUT2D eigenvalue weighted by molar-refractivity contribution is -0.137. The monoisotopic (exact) mass is 560 g/mol. The third-order valence-corrected chi connectivity index (χ3v) is 5.54. The van der Waals surface area contributed by atoms with Crippen molar-refractivity contribution in [2.24, 2.45) is 0 Å². The van der Waals surface area contributed by atoms with Gasteiger partial charge in [-0.25, -0.2) is 9.69 Å². The predicted octanol–water partition coefficient (Wildman–Crippen LogP) is 5.59. The number of benzene rings is 2. The topological polar surface area (TPSA) is 84.9 Å². The van der Waals surface area contributed by atoms with Crippen molar-refractivity contribution in [1.82, 2.24) is 5.32 Å². The number of carbonyl (C=O) groups excluding carboxylic acids is 3. The van der Waals surface area contributed by atoms with Crippen molar-refractivity contribution in [3.63, 3.8) is 0 Å². The Morgan fingerprint density at radius 2 is 1.88 bits per heavy atom. The molecule has 2 aromatic rings. The summed E-state index contributed by atoms with van der Waals surface area (Å²) in [5, 5.41) is 1.66. The molecule has 180 valence electrons. The number of rotatable bonds is 6. The molecule has 0 atom stereocenters. The van der Waals surface area contributed by atoms with Crippen LogP contribution in [0.3, 0.4) is 0 Å². The number of hydrogen-bond acceptors (Lipinski definition) is 5. The van der Waals surface area contributed by atoms with E-state index in [-0.39, 0.29) is 5.02 Å². The highest BCUT2D eigenvalue weighted by molar-refractivity contribution is 9.10. The van der Waals surface area contributed by atoms with E-state index in [0.717, 1.165) is 12.5 Å². The molecule has 0 aliphatic carbocycles. The summed E-state index contributed by atoms with van der Waals surface area (Å²) in [6.45, 7) is 2.35. The predicted molar refractivity (Wildman–Crippen MR) is 122 cm³/mol. The van der Waals surface area contributed by atoms with Gasteiger partial charge in [-0.1, -0.05) is 18.5 Å². The molecule has 3 rings (SSSR count). The van der Waals surface area contributed by atoms with Gasteiger partial charge in [0.2, 0.25) is 0 Å². The number of nitrogens with zero attached hydrogens (tertiary/aromatic N) is 1. The van der Waals surface area contributed by atoms with E-state index in [4.69, 9.17) is 21.1 Å². The van der Waals surface area contributed by atoms with Crippen LogP contribution in [0.25, 0.3) is 6.08 Å². The van der Waals surface area contributed by atoms with Gasteiger partial charge in [0.25, 0.3) is 11.8 Å². The zero-order valence-electron chi connectivity index (χ0n) is 17.8. The maximum Gasteiger partial charge on any atom is 0.416 e. The van der Waals surface area contributed by atoms with Gasteiger partial charge in [0, 0.05) is 0 Å². The first-order chi connectivity index (χ1) is 16.0. The highest BCUT2D eigenvalue weighted by Gasteiger charge is 2.39. The largest absolute Gasteiger partial charge is 0.493 e. The van der Waals surface area contributed by atoms with E-state index < -0.39 is 40.8 Å². The first kappa shape index (κ1) is 25.6. The van der Waals surface area contributed by atoms with Gasteiger partial charge in [-0.2, -0.15) is 13.2 Å². The fraction of sp³-hybridized carbons (Fsp3) is 0.227. The number of nitrogens with one attached hydrogen (secondary N) is 1. The molecule has 12 heteroatoms. The van der Waals surface area contributed by atoms with Crippen LogP contribution >= 0.6 is 27.5 Å². The third-order valence-electron chi connectivity index (χ3n) is 4.63. The number of imide groups is 2. The third kappa shape index (κ3) is 5.20. The average molecular weight is 562 g/mol. The smallest absolute Gasteiger partial charge is 0.416 e. The normalized spacial score (nSPS) is 15.6. The summed E-state index contributed by atoms with van der Waals surface area (Å²) in [7, 11) is 1.41. The number of halogens is 5. The SMILES string of the molecule is CCCOc1c(Br)cc(/C=C2\C(=O)NC(=O)N(c3cc(C(F)(F)F)ccc3Cl)C2=O)cc1OC. The second-order valence-electron chi connectivity index (χ2n) is 7.00. The molecule has 1 aliphatic heterocycles. The lowest BCUT2D eigenvalue weighted by Crippen LogP contribution is -2.54. The quantitative estimate of drug-likeness (QED) is 0.367. The molecule has 1 heterocycles. The molecule has 1 fully saturated rings. The van der Waals surface area contributed by atoms with Crippen LogP contribution in [0.1, 0.15) is 24.5 Å². The Labute approximate surface area is 205 Å². The van der Waals surface area contributed by atoms with Crippen LogP contribution in [0.5, 0.6) is 11.5 Å². The zero-order valence-corrected chi connectivity index (χ0v) is 20.1. The number of barbiturate groups is 1. The zero-order chi connectivity index (χ0) is 25.2. The van der Waals surface area contributed by atoms with Crippen LogP contribution in [0, 0.1) is 0 Å². The summed E-state index contributed by atoms with van der Waals surface area (Å²) in [6.07, 6.45) is -2.82. The van der Waals surface area contributed by atoms with Crippen molar-refractivity contribution < 1.29 is 37.0 Å². The van der Waals surface area contributed by atoms with Gasteiger partial charge in [-0.05, 0) is 64.3 Å². The fourth-order valence-electron chi connectivity index (χ4n) is 3.07. The molecule has 2 aromatic carbocycles. The van der Waals surface area contributed by atoms with Gasteiger partial charge in [0.15, 0.2) is 11.5 Å². The Balaban J connectivity index is 2.06. The van der Waals surface area contributed by atoms with Crippen molar-refractivity contribution in [2.75, 3.05) is 18.6 Å². The lowest BCUT2D eigenvalue weighted by atomic mass is 10.1. The van der Waals surface area contributed by atoms with Crippen LogP contribution in [-0.2, 0) is 15.8 Å².